The van der Waals surface area contributed by atoms with Gasteiger partial charge in [0.2, 0.25) is 5.95 Å². The summed E-state index contributed by atoms with van der Waals surface area (Å²) >= 11 is 0.615. The molecule has 0 bridgehead atoms. The Morgan fingerprint density at radius 2 is 1.94 bits per heavy atom. The third-order valence-corrected chi connectivity index (χ3v) is 2.69. The molecule has 0 saturated carbocycles. The van der Waals surface area contributed by atoms with E-state index < -0.39 is 12.6 Å². The van der Waals surface area contributed by atoms with Crippen molar-refractivity contribution in [2.24, 2.45) is 0 Å². The Morgan fingerprint density at radius 1 is 1.38 bits per heavy atom. The number of nitrogens with two attached hydrogens (primary N) is 1. The van der Waals surface area contributed by atoms with Gasteiger partial charge in [-0.2, -0.15) is 0 Å². The molecule has 10 heteroatoms. The average Bonchev–Trinajstić information content (AvgIpc) is 2.42. The van der Waals surface area contributed by atoms with E-state index in [0.29, 0.717) is 11.8 Å². The topological polar surface area (TPSA) is 56.7 Å². The molecule has 2 N–H and O–H groups in total. The van der Waals surface area contributed by atoms with Crippen molar-refractivity contribution >= 4 is 24.7 Å². The third-order valence-electron chi connectivity index (χ3n) is 1.61. The van der Waals surface area contributed by atoms with E-state index >= 15 is 0 Å². The Balaban J connectivity index is 0.00000225. The van der Waals surface area contributed by atoms with Gasteiger partial charge in [-0.1, -0.05) is 0 Å². The van der Waals surface area contributed by atoms with Crippen LogP contribution in [0.3, 0.4) is 0 Å². The number of aromatic nitrogens is 3. The van der Waals surface area contributed by atoms with Gasteiger partial charge >= 0.3 is 58.4 Å². The molecule has 0 aromatic carbocycles. The van der Waals surface area contributed by atoms with Crippen LogP contribution < -0.4 is 57.1 Å². The number of nitrogen functional groups attached to an aromatic ring is 1. The van der Waals surface area contributed by atoms with Crippen molar-refractivity contribution < 1.29 is 64.3 Å². The van der Waals surface area contributed by atoms with Gasteiger partial charge in [-0.25, -0.2) is 0 Å². The summed E-state index contributed by atoms with van der Waals surface area (Å²) in [5.74, 6) is 0.141. The molecule has 0 amide bonds. The van der Waals surface area contributed by atoms with Gasteiger partial charge in [0.25, 0.3) is 0 Å². The molecular weight excluding hydrogens is 267 g/mol. The molecule has 0 aliphatic carbocycles. The van der Waals surface area contributed by atoms with E-state index in [4.69, 9.17) is 5.73 Å². The van der Waals surface area contributed by atoms with Gasteiger partial charge in [-0.3, -0.25) is 4.57 Å². The second-order valence-corrected chi connectivity index (χ2v) is 4.31. The Morgan fingerprint density at radius 3 is 2.38 bits per heavy atom. The first-order valence-corrected chi connectivity index (χ1v) is 5.34. The van der Waals surface area contributed by atoms with Crippen LogP contribution in [0.2, 0.25) is 0 Å². The summed E-state index contributed by atoms with van der Waals surface area (Å²) in [5.41, 5.74) is 4.56. The molecule has 4 nitrogen and oxygen atoms in total. The molecule has 0 spiro atoms. The quantitative estimate of drug-likeness (QED) is 0.562. The summed E-state index contributed by atoms with van der Waals surface area (Å²) in [6, 6.07) is -0.0526. The Hall–Kier alpha value is 0.781. The standard InChI is InChI=1S/C6H11BF3N4S.K/c1-4(2)14-5(11)12-13-6(14)15-3-7(8,9)10;/h4H,3H2,1-2H3,(H2,11,12);/q-1;+1. The minimum Gasteiger partial charge on any atom is -0.448 e. The van der Waals surface area contributed by atoms with Crippen molar-refractivity contribution in [3.63, 3.8) is 0 Å². The molecule has 0 atom stereocenters. The zero-order valence-electron chi connectivity index (χ0n) is 9.32. The fraction of sp³-hybridized carbons (Fsp3) is 0.667. The van der Waals surface area contributed by atoms with Gasteiger partial charge < -0.3 is 18.7 Å². The predicted octanol–water partition coefficient (Wildman–Crippen LogP) is -1.08. The minimum absolute atomic E-state index is 0. The van der Waals surface area contributed by atoms with Gasteiger partial charge in [-0.15, -0.1) is 22.0 Å². The van der Waals surface area contributed by atoms with E-state index in [1.165, 1.54) is 4.57 Å². The first-order valence-electron chi connectivity index (χ1n) is 4.35. The normalized spacial score (nSPS) is 11.6. The van der Waals surface area contributed by atoms with Crippen LogP contribution in [0.5, 0.6) is 0 Å². The molecule has 1 rings (SSSR count). The summed E-state index contributed by atoms with van der Waals surface area (Å²) in [7, 11) is 0. The van der Waals surface area contributed by atoms with Gasteiger partial charge in [0.15, 0.2) is 5.16 Å². The van der Waals surface area contributed by atoms with Crippen LogP contribution >= 0.6 is 11.8 Å². The molecule has 1 aromatic heterocycles. The minimum atomic E-state index is -4.81. The maximum absolute atomic E-state index is 12.0. The fourth-order valence-electron chi connectivity index (χ4n) is 1.04. The van der Waals surface area contributed by atoms with Crippen molar-refractivity contribution in [2.45, 2.75) is 25.0 Å². The van der Waals surface area contributed by atoms with Crippen LogP contribution in [0.1, 0.15) is 19.9 Å². The van der Waals surface area contributed by atoms with Gasteiger partial charge in [0.05, 0.1) is 0 Å². The smallest absolute Gasteiger partial charge is 0.448 e. The second kappa shape index (κ2) is 6.64. The second-order valence-electron chi connectivity index (χ2n) is 3.33. The number of rotatable bonds is 4. The Labute approximate surface area is 138 Å². The summed E-state index contributed by atoms with van der Waals surface area (Å²) < 4.78 is 37.6. The van der Waals surface area contributed by atoms with Crippen LogP contribution in [0.25, 0.3) is 0 Å². The van der Waals surface area contributed by atoms with Crippen LogP contribution in [0.4, 0.5) is 18.9 Å². The van der Waals surface area contributed by atoms with E-state index in [0.717, 1.165) is 0 Å². The number of hydrogen-bond acceptors (Lipinski definition) is 4. The monoisotopic (exact) mass is 278 g/mol. The van der Waals surface area contributed by atoms with Crippen molar-refractivity contribution in [3.8, 4) is 0 Å². The summed E-state index contributed by atoms with van der Waals surface area (Å²) in [6.45, 7) is -1.20. The summed E-state index contributed by atoms with van der Waals surface area (Å²) in [4.78, 5) is 0. The molecule has 0 radical (unpaired) electrons. The van der Waals surface area contributed by atoms with Crippen LogP contribution in [-0.4, -0.2) is 27.4 Å². The molecule has 1 aromatic rings. The molecule has 1 heterocycles. The average molecular weight is 278 g/mol. The van der Waals surface area contributed by atoms with Crippen molar-refractivity contribution in [2.75, 3.05) is 11.4 Å². The van der Waals surface area contributed by atoms with Crippen molar-refractivity contribution in [1.82, 2.24) is 14.8 Å². The van der Waals surface area contributed by atoms with Gasteiger partial charge in [0, 0.05) is 6.04 Å². The van der Waals surface area contributed by atoms with Gasteiger partial charge in [-0.05, 0) is 19.5 Å². The molecule has 16 heavy (non-hydrogen) atoms. The maximum Gasteiger partial charge on any atom is 1.00 e. The Kier molecular flexibility index (Phi) is 6.97. The number of nitrogens with zero attached hydrogens (tertiary/aromatic N) is 3. The third kappa shape index (κ3) is 4.96. The predicted molar refractivity (Wildman–Crippen MR) is 54.6 cm³/mol. The molecule has 0 saturated heterocycles. The van der Waals surface area contributed by atoms with Crippen molar-refractivity contribution in [3.05, 3.63) is 0 Å². The first kappa shape index (κ1) is 16.8. The van der Waals surface area contributed by atoms with Crippen molar-refractivity contribution in [1.29, 1.82) is 0 Å². The molecule has 86 valence electrons. The molecule has 0 unspecified atom stereocenters. The molecule has 0 aliphatic heterocycles. The van der Waals surface area contributed by atoms with Crippen LogP contribution in [0.15, 0.2) is 5.16 Å². The Bertz CT molecular complexity index is 343. The van der Waals surface area contributed by atoms with E-state index in [-0.39, 0.29) is 68.5 Å². The van der Waals surface area contributed by atoms with Gasteiger partial charge in [0.1, 0.15) is 0 Å². The number of anilines is 1. The van der Waals surface area contributed by atoms with E-state index in [1.54, 1.807) is 0 Å². The fourth-order valence-corrected chi connectivity index (χ4v) is 1.92. The van der Waals surface area contributed by atoms with Crippen LogP contribution in [-0.2, 0) is 0 Å². The SMILES string of the molecule is CC(C)n1c(N)nnc1SC[B-](F)(F)F.[K+]. The van der Waals surface area contributed by atoms with E-state index in [2.05, 4.69) is 10.2 Å². The number of halogens is 3. The summed E-state index contributed by atoms with van der Waals surface area (Å²) in [6.07, 6.45) is 0. The number of thioether (sulfide) groups is 1. The molecule has 0 fully saturated rings. The first-order chi connectivity index (χ1) is 6.81. The van der Waals surface area contributed by atoms with E-state index in [9.17, 15) is 12.9 Å². The zero-order valence-corrected chi connectivity index (χ0v) is 13.3. The maximum atomic E-state index is 12.0. The molecule has 0 aliphatic rings. The zero-order chi connectivity index (χ0) is 11.6. The largest absolute Gasteiger partial charge is 1.00 e. The summed E-state index contributed by atoms with van der Waals surface area (Å²) in [5, 5.41) is 7.36. The number of hydrogen-bond donors (Lipinski definition) is 1. The van der Waals surface area contributed by atoms with E-state index in [1.807, 2.05) is 13.8 Å². The van der Waals surface area contributed by atoms with Crippen LogP contribution in [0, 0.1) is 0 Å². The molecular formula is C6H11BF3KN4S.